The minimum atomic E-state index is -0.429. The zero-order valence-corrected chi connectivity index (χ0v) is 13.2. The van der Waals surface area contributed by atoms with Crippen LogP contribution >= 0.6 is 0 Å². The van der Waals surface area contributed by atoms with Crippen LogP contribution in [0.3, 0.4) is 0 Å². The molecule has 0 bridgehead atoms. The summed E-state index contributed by atoms with van der Waals surface area (Å²) in [5, 5.41) is 0. The molecular weight excluding hydrogens is 284 g/mol. The lowest BCUT2D eigenvalue weighted by molar-refractivity contribution is -0.150. The maximum atomic E-state index is 12.3. The van der Waals surface area contributed by atoms with E-state index >= 15 is 0 Å². The lowest BCUT2D eigenvalue weighted by atomic mass is 9.79. The van der Waals surface area contributed by atoms with Crippen LogP contribution in [-0.4, -0.2) is 29.9 Å². The van der Waals surface area contributed by atoms with Gasteiger partial charge in [-0.2, -0.15) is 0 Å². The first-order chi connectivity index (χ1) is 10.3. The number of hydrogen-bond donors (Lipinski definition) is 0. The summed E-state index contributed by atoms with van der Waals surface area (Å²) in [6, 6.07) is 0. The Labute approximate surface area is 129 Å². The minimum Gasteiger partial charge on any atom is -0.462 e. The van der Waals surface area contributed by atoms with Crippen LogP contribution in [0.2, 0.25) is 0 Å². The number of rotatable bonds is 1. The van der Waals surface area contributed by atoms with Gasteiger partial charge in [0, 0.05) is 30.8 Å². The highest BCUT2D eigenvalue weighted by atomic mass is 16.6. The van der Waals surface area contributed by atoms with E-state index in [-0.39, 0.29) is 35.5 Å². The van der Waals surface area contributed by atoms with Crippen LogP contribution in [-0.2, 0) is 23.9 Å². The zero-order chi connectivity index (χ0) is 16.2. The van der Waals surface area contributed by atoms with Gasteiger partial charge in [0.2, 0.25) is 0 Å². The normalized spacial score (nSPS) is 37.3. The molecule has 1 saturated heterocycles. The van der Waals surface area contributed by atoms with Crippen LogP contribution in [0.1, 0.15) is 34.1 Å². The molecule has 5 heteroatoms. The average molecular weight is 304 g/mol. The number of hydrogen-bond acceptors (Lipinski definition) is 5. The van der Waals surface area contributed by atoms with Gasteiger partial charge >= 0.3 is 11.9 Å². The van der Waals surface area contributed by atoms with Crippen molar-refractivity contribution >= 4 is 17.7 Å². The fraction of sp³-hybridized carbons (Fsp3) is 0.588. The third kappa shape index (κ3) is 2.11. The number of carbonyl (C=O) groups excluding carboxylic acids is 3. The van der Waals surface area contributed by atoms with Crippen molar-refractivity contribution in [3.05, 3.63) is 22.8 Å². The molecule has 0 aromatic rings. The molecule has 0 aromatic heterocycles. The van der Waals surface area contributed by atoms with E-state index in [1.54, 1.807) is 13.0 Å². The number of esters is 2. The van der Waals surface area contributed by atoms with Crippen molar-refractivity contribution in [1.82, 2.24) is 0 Å². The monoisotopic (exact) mass is 304 g/mol. The molecule has 0 aromatic carbocycles. The molecule has 0 radical (unpaired) electrons. The van der Waals surface area contributed by atoms with Crippen molar-refractivity contribution in [2.45, 2.75) is 46.3 Å². The Bertz CT molecular complexity index is 627. The Morgan fingerprint density at radius 3 is 2.64 bits per heavy atom. The highest BCUT2D eigenvalue weighted by Crippen LogP contribution is 2.48. The van der Waals surface area contributed by atoms with Crippen LogP contribution in [0, 0.1) is 17.8 Å². The van der Waals surface area contributed by atoms with Crippen LogP contribution < -0.4 is 0 Å². The average Bonchev–Trinajstić information content (AvgIpc) is 2.81. The summed E-state index contributed by atoms with van der Waals surface area (Å²) in [4.78, 5) is 35.8. The van der Waals surface area contributed by atoms with Crippen molar-refractivity contribution in [3.8, 4) is 0 Å². The second kappa shape index (κ2) is 5.07. The molecule has 0 amide bonds. The van der Waals surface area contributed by atoms with Gasteiger partial charge in [-0.05, 0) is 19.9 Å². The lowest BCUT2D eigenvalue weighted by Crippen LogP contribution is -2.37. The first-order valence-corrected chi connectivity index (χ1v) is 7.61. The topological polar surface area (TPSA) is 69.7 Å². The lowest BCUT2D eigenvalue weighted by Gasteiger charge is -2.29. The van der Waals surface area contributed by atoms with E-state index in [1.165, 1.54) is 6.92 Å². The van der Waals surface area contributed by atoms with Crippen LogP contribution in [0.4, 0.5) is 0 Å². The summed E-state index contributed by atoms with van der Waals surface area (Å²) >= 11 is 0. The Morgan fingerprint density at radius 1 is 1.32 bits per heavy atom. The summed E-state index contributed by atoms with van der Waals surface area (Å²) < 4.78 is 11.1. The first kappa shape index (κ1) is 15.0. The number of ether oxygens (including phenoxy) is 2. The van der Waals surface area contributed by atoms with Crippen LogP contribution in [0.25, 0.3) is 0 Å². The summed E-state index contributed by atoms with van der Waals surface area (Å²) in [6.45, 7) is 6.96. The highest BCUT2D eigenvalue weighted by Gasteiger charge is 2.55. The van der Waals surface area contributed by atoms with Crippen LogP contribution in [0.15, 0.2) is 22.8 Å². The van der Waals surface area contributed by atoms with Gasteiger partial charge in [-0.3, -0.25) is 14.4 Å². The number of carbonyl (C=O) groups is 3. The van der Waals surface area contributed by atoms with Gasteiger partial charge in [-0.15, -0.1) is 0 Å². The third-order valence-corrected chi connectivity index (χ3v) is 5.05. The van der Waals surface area contributed by atoms with Crippen molar-refractivity contribution in [1.29, 1.82) is 0 Å². The molecular formula is C17H20O5. The maximum Gasteiger partial charge on any atom is 0.309 e. The van der Waals surface area contributed by atoms with Crippen LogP contribution in [0.5, 0.6) is 0 Å². The number of fused-ring (bicyclic) bond motifs is 3. The van der Waals surface area contributed by atoms with E-state index in [0.717, 1.165) is 11.1 Å². The van der Waals surface area contributed by atoms with Crippen molar-refractivity contribution in [2.24, 2.45) is 17.8 Å². The van der Waals surface area contributed by atoms with E-state index in [4.69, 9.17) is 9.47 Å². The molecule has 1 fully saturated rings. The van der Waals surface area contributed by atoms with Crippen molar-refractivity contribution < 1.29 is 23.9 Å². The second-order valence-electron chi connectivity index (χ2n) is 6.54. The maximum absolute atomic E-state index is 12.3. The van der Waals surface area contributed by atoms with E-state index in [0.29, 0.717) is 12.0 Å². The Morgan fingerprint density at radius 2 is 2.00 bits per heavy atom. The van der Waals surface area contributed by atoms with Gasteiger partial charge in [0.05, 0.1) is 5.92 Å². The molecule has 118 valence electrons. The SMILES string of the molecule is CC(=O)O[C@H]1CC(C)=C2C(=O)C=C(C)[C@@H]2[C@H]2OC(=O)[C@@H](C)C12. The van der Waals surface area contributed by atoms with Crippen molar-refractivity contribution in [3.63, 3.8) is 0 Å². The van der Waals surface area contributed by atoms with Crippen molar-refractivity contribution in [2.75, 3.05) is 0 Å². The van der Waals surface area contributed by atoms with Gasteiger partial charge in [-0.25, -0.2) is 0 Å². The summed E-state index contributed by atoms with van der Waals surface area (Å²) in [5.74, 6) is -1.44. The highest BCUT2D eigenvalue weighted by molar-refractivity contribution is 6.09. The molecule has 22 heavy (non-hydrogen) atoms. The largest absolute Gasteiger partial charge is 0.462 e. The summed E-state index contributed by atoms with van der Waals surface area (Å²) in [5.41, 5.74) is 2.55. The van der Waals surface area contributed by atoms with Gasteiger partial charge in [-0.1, -0.05) is 18.1 Å². The fourth-order valence-corrected chi connectivity index (χ4v) is 4.12. The Hall–Kier alpha value is -1.91. The molecule has 3 aliphatic rings. The predicted molar refractivity (Wildman–Crippen MR) is 77.7 cm³/mol. The second-order valence-corrected chi connectivity index (χ2v) is 6.54. The zero-order valence-electron chi connectivity index (χ0n) is 13.2. The van der Waals surface area contributed by atoms with E-state index in [9.17, 15) is 14.4 Å². The molecule has 5 atom stereocenters. The quantitative estimate of drug-likeness (QED) is 0.693. The van der Waals surface area contributed by atoms with Gasteiger partial charge in [0.15, 0.2) is 5.78 Å². The molecule has 1 aliphatic heterocycles. The molecule has 2 aliphatic carbocycles. The summed E-state index contributed by atoms with van der Waals surface area (Å²) in [7, 11) is 0. The third-order valence-electron chi connectivity index (χ3n) is 5.05. The van der Waals surface area contributed by atoms with E-state index < -0.39 is 12.2 Å². The fourth-order valence-electron chi connectivity index (χ4n) is 4.12. The number of ketones is 1. The molecule has 5 nitrogen and oxygen atoms in total. The standard InChI is InChI=1S/C17H20O5/c1-7-5-11(19)13-8(2)6-12(21-10(4)18)15-9(3)17(20)22-16(15)14(7)13/h5,9,12,14-16H,6H2,1-4H3/t9-,12-,14-,15?,16+/m0/s1. The molecule has 0 saturated carbocycles. The Balaban J connectivity index is 2.08. The molecule has 0 spiro atoms. The number of allylic oxidation sites excluding steroid dienone is 1. The smallest absolute Gasteiger partial charge is 0.309 e. The van der Waals surface area contributed by atoms with Gasteiger partial charge in [0.25, 0.3) is 0 Å². The first-order valence-electron chi connectivity index (χ1n) is 7.61. The minimum absolute atomic E-state index is 0.0159. The van der Waals surface area contributed by atoms with E-state index in [2.05, 4.69) is 0 Å². The molecule has 1 unspecified atom stereocenters. The summed E-state index contributed by atoms with van der Waals surface area (Å²) in [6.07, 6.45) is 1.24. The molecule has 0 N–H and O–H groups in total. The molecule has 3 rings (SSSR count). The Kier molecular flexibility index (Phi) is 3.46. The van der Waals surface area contributed by atoms with Gasteiger partial charge in [0.1, 0.15) is 12.2 Å². The molecule has 1 heterocycles. The predicted octanol–water partition coefficient (Wildman–Crippen LogP) is 1.96. The van der Waals surface area contributed by atoms with Gasteiger partial charge < -0.3 is 9.47 Å². The van der Waals surface area contributed by atoms with E-state index in [1.807, 2.05) is 13.8 Å².